The maximum absolute atomic E-state index is 13.1. The molecular formula is C16H19F2N5O. The van der Waals surface area contributed by atoms with Crippen LogP contribution in [0.3, 0.4) is 0 Å². The van der Waals surface area contributed by atoms with Crippen LogP contribution in [0.4, 0.5) is 14.6 Å². The molecule has 2 atom stereocenters. The van der Waals surface area contributed by atoms with Crippen LogP contribution in [0.5, 0.6) is 0 Å². The van der Waals surface area contributed by atoms with Crippen molar-refractivity contribution in [2.75, 3.05) is 18.9 Å². The minimum absolute atomic E-state index is 0.0853. The number of aryl methyl sites for hydroxylation is 1. The Morgan fingerprint density at radius 1 is 1.29 bits per heavy atom. The van der Waals surface area contributed by atoms with E-state index in [4.69, 9.17) is 0 Å². The zero-order valence-electron chi connectivity index (χ0n) is 13.5. The number of nitrogens with zero attached hydrogens (tertiary/aromatic N) is 4. The van der Waals surface area contributed by atoms with Crippen molar-refractivity contribution in [3.8, 4) is 0 Å². The van der Waals surface area contributed by atoms with Crippen molar-refractivity contribution in [3.63, 3.8) is 0 Å². The fourth-order valence-corrected chi connectivity index (χ4v) is 3.27. The van der Waals surface area contributed by atoms with E-state index in [0.717, 1.165) is 16.8 Å². The zero-order chi connectivity index (χ0) is 17.3. The summed E-state index contributed by atoms with van der Waals surface area (Å²) in [6.45, 7) is 0.764. The molecule has 2 aromatic rings. The number of aromatic nitrogens is 3. The van der Waals surface area contributed by atoms with E-state index in [1.165, 1.54) is 7.05 Å². The van der Waals surface area contributed by atoms with Crippen LogP contribution in [0, 0.1) is 5.92 Å². The Morgan fingerprint density at radius 2 is 2.00 bits per heavy atom. The molecule has 1 aliphatic rings. The third kappa shape index (κ3) is 3.01. The standard InChI is InChI=1S/C16H19F2N5O/c1-22-9-8-11(12(22)10-6-4-3-5-7-10)16(24)19-15-13(14(17)18)23(2)21-20-15/h3-7,11-12,14H,8-9H2,1-2H3,(H,19,24)/t11-,12-/m0/s1. The average molecular weight is 335 g/mol. The van der Waals surface area contributed by atoms with Crippen LogP contribution in [0.25, 0.3) is 0 Å². The van der Waals surface area contributed by atoms with E-state index in [2.05, 4.69) is 20.5 Å². The van der Waals surface area contributed by atoms with Gasteiger partial charge in [-0.15, -0.1) is 5.10 Å². The van der Waals surface area contributed by atoms with Crippen molar-refractivity contribution >= 4 is 11.7 Å². The highest BCUT2D eigenvalue weighted by Gasteiger charge is 2.38. The number of anilines is 1. The van der Waals surface area contributed by atoms with Crippen LogP contribution in [0.2, 0.25) is 0 Å². The molecule has 3 rings (SSSR count). The summed E-state index contributed by atoms with van der Waals surface area (Å²) in [5.41, 5.74) is 0.650. The molecule has 0 unspecified atom stereocenters. The van der Waals surface area contributed by atoms with E-state index in [9.17, 15) is 13.6 Å². The van der Waals surface area contributed by atoms with Gasteiger partial charge in [-0.3, -0.25) is 9.69 Å². The number of halogens is 2. The maximum atomic E-state index is 13.1. The first-order chi connectivity index (χ1) is 11.5. The van der Waals surface area contributed by atoms with Crippen molar-refractivity contribution in [3.05, 3.63) is 41.6 Å². The van der Waals surface area contributed by atoms with E-state index in [1.807, 2.05) is 37.4 Å². The van der Waals surface area contributed by atoms with Crippen LogP contribution in [-0.4, -0.2) is 39.4 Å². The van der Waals surface area contributed by atoms with Gasteiger partial charge >= 0.3 is 0 Å². The molecule has 0 bridgehead atoms. The smallest absolute Gasteiger partial charge is 0.283 e. The molecule has 1 fully saturated rings. The lowest BCUT2D eigenvalue weighted by Gasteiger charge is -2.24. The molecule has 1 aromatic heterocycles. The van der Waals surface area contributed by atoms with Crippen molar-refractivity contribution in [2.45, 2.75) is 18.9 Å². The highest BCUT2D eigenvalue weighted by atomic mass is 19.3. The molecule has 0 saturated carbocycles. The summed E-state index contributed by atoms with van der Waals surface area (Å²) in [6, 6.07) is 9.63. The number of alkyl halides is 2. The summed E-state index contributed by atoms with van der Waals surface area (Å²) < 4.78 is 27.2. The van der Waals surface area contributed by atoms with Gasteiger partial charge in [0.25, 0.3) is 6.43 Å². The molecule has 0 aliphatic carbocycles. The molecule has 128 valence electrons. The predicted octanol–water partition coefficient (Wildman–Crippen LogP) is 2.38. The first kappa shape index (κ1) is 16.5. The molecule has 1 aromatic carbocycles. The fraction of sp³-hybridized carbons (Fsp3) is 0.438. The Labute approximate surface area is 138 Å². The third-order valence-corrected chi connectivity index (χ3v) is 4.45. The maximum Gasteiger partial charge on any atom is 0.283 e. The summed E-state index contributed by atoms with van der Waals surface area (Å²) in [7, 11) is 3.33. The first-order valence-corrected chi connectivity index (χ1v) is 7.72. The number of carbonyl (C=O) groups is 1. The number of hydrogen-bond acceptors (Lipinski definition) is 4. The largest absolute Gasteiger partial charge is 0.307 e. The number of amides is 1. The van der Waals surface area contributed by atoms with Gasteiger partial charge in [0.15, 0.2) is 5.82 Å². The van der Waals surface area contributed by atoms with E-state index in [-0.39, 0.29) is 29.4 Å². The quantitative estimate of drug-likeness (QED) is 0.932. The Bertz CT molecular complexity index is 719. The molecule has 0 spiro atoms. The number of hydrogen-bond donors (Lipinski definition) is 1. The summed E-state index contributed by atoms with van der Waals surface area (Å²) in [5.74, 6) is -0.806. The molecule has 24 heavy (non-hydrogen) atoms. The lowest BCUT2D eigenvalue weighted by Crippen LogP contribution is -2.29. The van der Waals surface area contributed by atoms with Crippen molar-refractivity contribution in [2.24, 2.45) is 13.0 Å². The highest BCUT2D eigenvalue weighted by molar-refractivity contribution is 5.93. The molecule has 1 aliphatic heterocycles. The number of benzene rings is 1. The van der Waals surface area contributed by atoms with Gasteiger partial charge in [0.2, 0.25) is 5.91 Å². The molecule has 1 N–H and O–H groups in total. The minimum Gasteiger partial charge on any atom is -0.307 e. The van der Waals surface area contributed by atoms with Gasteiger partial charge in [0, 0.05) is 13.1 Å². The van der Waals surface area contributed by atoms with E-state index in [1.54, 1.807) is 0 Å². The monoisotopic (exact) mass is 335 g/mol. The Morgan fingerprint density at radius 3 is 2.67 bits per heavy atom. The fourth-order valence-electron chi connectivity index (χ4n) is 3.27. The highest BCUT2D eigenvalue weighted by Crippen LogP contribution is 2.37. The van der Waals surface area contributed by atoms with Gasteiger partial charge in [-0.05, 0) is 25.6 Å². The molecule has 2 heterocycles. The van der Waals surface area contributed by atoms with Gasteiger partial charge < -0.3 is 5.32 Å². The topological polar surface area (TPSA) is 63.1 Å². The van der Waals surface area contributed by atoms with Gasteiger partial charge in [-0.2, -0.15) is 0 Å². The van der Waals surface area contributed by atoms with Crippen LogP contribution in [0.15, 0.2) is 30.3 Å². The number of carbonyl (C=O) groups excluding carboxylic acids is 1. The summed E-state index contributed by atoms with van der Waals surface area (Å²) in [5, 5.41) is 9.76. The average Bonchev–Trinajstić information content (AvgIpc) is 3.11. The normalized spacial score (nSPS) is 21.4. The molecule has 1 amide bonds. The molecule has 8 heteroatoms. The van der Waals surface area contributed by atoms with E-state index in [0.29, 0.717) is 6.42 Å². The second-order valence-corrected chi connectivity index (χ2v) is 5.97. The van der Waals surface area contributed by atoms with Crippen molar-refractivity contribution < 1.29 is 13.6 Å². The molecule has 6 nitrogen and oxygen atoms in total. The Kier molecular flexibility index (Phi) is 4.57. The first-order valence-electron chi connectivity index (χ1n) is 7.72. The van der Waals surface area contributed by atoms with E-state index >= 15 is 0 Å². The number of rotatable bonds is 4. The summed E-state index contributed by atoms with van der Waals surface area (Å²) in [6.07, 6.45) is -2.09. The van der Waals surface area contributed by atoms with Crippen LogP contribution < -0.4 is 5.32 Å². The zero-order valence-corrected chi connectivity index (χ0v) is 13.5. The summed E-state index contributed by atoms with van der Waals surface area (Å²) >= 11 is 0. The van der Waals surface area contributed by atoms with E-state index < -0.39 is 6.43 Å². The minimum atomic E-state index is -2.75. The van der Waals surface area contributed by atoms with Gasteiger partial charge in [0.05, 0.1) is 5.92 Å². The van der Waals surface area contributed by atoms with Gasteiger partial charge in [0.1, 0.15) is 5.69 Å². The second-order valence-electron chi connectivity index (χ2n) is 5.97. The second kappa shape index (κ2) is 6.64. The molecular weight excluding hydrogens is 316 g/mol. The third-order valence-electron chi connectivity index (χ3n) is 4.45. The van der Waals surface area contributed by atoms with Crippen molar-refractivity contribution in [1.29, 1.82) is 0 Å². The molecule has 0 radical (unpaired) electrons. The number of likely N-dealkylation sites (tertiary alicyclic amines) is 1. The van der Waals surface area contributed by atoms with Crippen LogP contribution >= 0.6 is 0 Å². The van der Waals surface area contributed by atoms with Gasteiger partial charge in [-0.1, -0.05) is 35.5 Å². The lowest BCUT2D eigenvalue weighted by atomic mass is 9.93. The van der Waals surface area contributed by atoms with Crippen LogP contribution in [-0.2, 0) is 11.8 Å². The molecule has 1 saturated heterocycles. The number of nitrogens with one attached hydrogen (secondary N) is 1. The Hall–Kier alpha value is -2.35. The predicted molar refractivity (Wildman–Crippen MR) is 84.5 cm³/mol. The lowest BCUT2D eigenvalue weighted by molar-refractivity contribution is -0.120. The van der Waals surface area contributed by atoms with Gasteiger partial charge in [-0.25, -0.2) is 13.5 Å². The Balaban J connectivity index is 1.82. The van der Waals surface area contributed by atoms with Crippen LogP contribution in [0.1, 0.15) is 30.1 Å². The van der Waals surface area contributed by atoms with Crippen molar-refractivity contribution in [1.82, 2.24) is 19.9 Å². The SMILES string of the molecule is CN1CC[C@H](C(=O)Nc2nnn(C)c2C(F)F)[C@@H]1c1ccccc1. The summed E-state index contributed by atoms with van der Waals surface area (Å²) in [4.78, 5) is 14.8.